The third kappa shape index (κ3) is 2.04. The summed E-state index contributed by atoms with van der Waals surface area (Å²) in [7, 11) is 0. The molecule has 2 saturated heterocycles. The van der Waals surface area contributed by atoms with E-state index < -0.39 is 6.23 Å². The number of pyridine rings is 1. The normalized spacial score (nSPS) is 29.1. The van der Waals surface area contributed by atoms with Gasteiger partial charge in [-0.05, 0) is 31.5 Å². The SMILES string of the molecule is Nc1ccc(N2CCN3CCCCC3C2O)cn1. The number of aromatic nitrogens is 1. The second kappa shape index (κ2) is 4.74. The molecule has 18 heavy (non-hydrogen) atoms. The average molecular weight is 248 g/mol. The van der Waals surface area contributed by atoms with Gasteiger partial charge in [-0.3, -0.25) is 4.90 Å². The standard InChI is InChI=1S/C13H20N4O/c14-12-5-4-10(9-15-12)17-8-7-16-6-2-1-3-11(16)13(17)18/h4-5,9,11,13,18H,1-3,6-8H2,(H2,14,15). The second-order valence-corrected chi connectivity index (χ2v) is 5.15. The summed E-state index contributed by atoms with van der Waals surface area (Å²) in [5.41, 5.74) is 6.56. The van der Waals surface area contributed by atoms with E-state index in [0.717, 1.165) is 31.7 Å². The molecule has 0 amide bonds. The Balaban J connectivity index is 1.79. The Morgan fingerprint density at radius 1 is 1.22 bits per heavy atom. The molecular formula is C13H20N4O. The molecule has 1 aromatic rings. The van der Waals surface area contributed by atoms with Gasteiger partial charge in [-0.1, -0.05) is 6.42 Å². The molecule has 0 saturated carbocycles. The van der Waals surface area contributed by atoms with Crippen LogP contribution in [-0.2, 0) is 0 Å². The van der Waals surface area contributed by atoms with Gasteiger partial charge in [-0.15, -0.1) is 0 Å². The van der Waals surface area contributed by atoms with Gasteiger partial charge in [0.25, 0.3) is 0 Å². The highest BCUT2D eigenvalue weighted by atomic mass is 16.3. The predicted molar refractivity (Wildman–Crippen MR) is 71.2 cm³/mol. The van der Waals surface area contributed by atoms with Crippen LogP contribution in [0.3, 0.4) is 0 Å². The molecule has 5 heteroatoms. The Kier molecular flexibility index (Phi) is 3.09. The number of piperidine rings is 1. The van der Waals surface area contributed by atoms with Crippen molar-refractivity contribution in [1.82, 2.24) is 9.88 Å². The molecule has 5 nitrogen and oxygen atoms in total. The lowest BCUT2D eigenvalue weighted by Gasteiger charge is -2.48. The number of aliphatic hydroxyl groups excluding tert-OH is 1. The van der Waals surface area contributed by atoms with Gasteiger partial charge in [0.2, 0.25) is 0 Å². The molecule has 0 radical (unpaired) electrons. The van der Waals surface area contributed by atoms with E-state index in [1.54, 1.807) is 12.3 Å². The molecule has 0 aromatic carbocycles. The quantitative estimate of drug-likeness (QED) is 0.764. The molecule has 0 aliphatic carbocycles. The Morgan fingerprint density at radius 2 is 2.11 bits per heavy atom. The monoisotopic (exact) mass is 248 g/mol. The van der Waals surface area contributed by atoms with E-state index in [9.17, 15) is 5.11 Å². The first kappa shape index (κ1) is 11.7. The van der Waals surface area contributed by atoms with Crippen LogP contribution in [0.2, 0.25) is 0 Å². The molecule has 3 heterocycles. The van der Waals surface area contributed by atoms with Gasteiger partial charge in [0.1, 0.15) is 12.0 Å². The van der Waals surface area contributed by atoms with E-state index >= 15 is 0 Å². The van der Waals surface area contributed by atoms with E-state index in [0.29, 0.717) is 5.82 Å². The maximum atomic E-state index is 10.5. The molecule has 0 spiro atoms. The zero-order chi connectivity index (χ0) is 12.5. The average Bonchev–Trinajstić information content (AvgIpc) is 2.41. The summed E-state index contributed by atoms with van der Waals surface area (Å²) in [6, 6.07) is 3.99. The fourth-order valence-electron chi connectivity index (χ4n) is 3.06. The molecule has 2 aliphatic heterocycles. The molecule has 3 N–H and O–H groups in total. The predicted octanol–water partition coefficient (Wildman–Crippen LogP) is 0.657. The zero-order valence-corrected chi connectivity index (χ0v) is 10.5. The molecular weight excluding hydrogens is 228 g/mol. The number of hydrogen-bond acceptors (Lipinski definition) is 5. The Hall–Kier alpha value is -1.33. The highest BCUT2D eigenvalue weighted by Gasteiger charge is 2.36. The van der Waals surface area contributed by atoms with Crippen molar-refractivity contribution < 1.29 is 5.11 Å². The Labute approximate surface area is 107 Å². The Bertz CT molecular complexity index is 408. The molecule has 2 fully saturated rings. The van der Waals surface area contributed by atoms with E-state index in [1.165, 1.54) is 12.8 Å². The molecule has 2 aliphatic rings. The number of hydrogen-bond donors (Lipinski definition) is 2. The lowest BCUT2D eigenvalue weighted by Crippen LogP contribution is -2.61. The van der Waals surface area contributed by atoms with E-state index in [4.69, 9.17) is 5.73 Å². The largest absolute Gasteiger partial charge is 0.384 e. The number of aliphatic hydroxyl groups is 1. The number of piperazine rings is 1. The molecule has 98 valence electrons. The summed E-state index contributed by atoms with van der Waals surface area (Å²) >= 11 is 0. The van der Waals surface area contributed by atoms with Gasteiger partial charge < -0.3 is 15.7 Å². The lowest BCUT2D eigenvalue weighted by atomic mass is 9.97. The van der Waals surface area contributed by atoms with Crippen molar-refractivity contribution in [3.63, 3.8) is 0 Å². The fourth-order valence-corrected chi connectivity index (χ4v) is 3.06. The van der Waals surface area contributed by atoms with Crippen molar-refractivity contribution in [2.45, 2.75) is 31.5 Å². The number of fused-ring (bicyclic) bond motifs is 1. The van der Waals surface area contributed by atoms with E-state index in [-0.39, 0.29) is 6.04 Å². The summed E-state index contributed by atoms with van der Waals surface area (Å²) < 4.78 is 0. The van der Waals surface area contributed by atoms with Crippen molar-refractivity contribution in [1.29, 1.82) is 0 Å². The summed E-state index contributed by atoms with van der Waals surface area (Å²) in [6.07, 6.45) is 4.87. The minimum Gasteiger partial charge on any atom is -0.384 e. The first-order valence-electron chi connectivity index (χ1n) is 6.66. The number of nitrogen functional groups attached to an aromatic ring is 1. The van der Waals surface area contributed by atoms with Crippen LogP contribution < -0.4 is 10.6 Å². The molecule has 3 rings (SSSR count). The van der Waals surface area contributed by atoms with Gasteiger partial charge in [0.15, 0.2) is 0 Å². The van der Waals surface area contributed by atoms with Crippen LogP contribution in [0.4, 0.5) is 11.5 Å². The first-order valence-corrected chi connectivity index (χ1v) is 6.66. The Morgan fingerprint density at radius 3 is 2.89 bits per heavy atom. The van der Waals surface area contributed by atoms with Crippen LogP contribution >= 0.6 is 0 Å². The number of rotatable bonds is 1. The minimum absolute atomic E-state index is 0.269. The van der Waals surface area contributed by atoms with Gasteiger partial charge in [-0.25, -0.2) is 4.98 Å². The van der Waals surface area contributed by atoms with Crippen molar-refractivity contribution in [2.24, 2.45) is 0 Å². The van der Waals surface area contributed by atoms with Gasteiger partial charge >= 0.3 is 0 Å². The third-order valence-corrected chi connectivity index (χ3v) is 4.06. The highest BCUT2D eigenvalue weighted by Crippen LogP contribution is 2.28. The molecule has 0 bridgehead atoms. The maximum Gasteiger partial charge on any atom is 0.142 e. The van der Waals surface area contributed by atoms with Crippen LogP contribution in [0, 0.1) is 0 Å². The zero-order valence-electron chi connectivity index (χ0n) is 10.5. The first-order chi connectivity index (χ1) is 8.75. The smallest absolute Gasteiger partial charge is 0.142 e. The number of nitrogens with two attached hydrogens (primary N) is 1. The van der Waals surface area contributed by atoms with Gasteiger partial charge in [0, 0.05) is 13.1 Å². The third-order valence-electron chi connectivity index (χ3n) is 4.06. The maximum absolute atomic E-state index is 10.5. The van der Waals surface area contributed by atoms with Crippen molar-refractivity contribution in [2.75, 3.05) is 30.3 Å². The summed E-state index contributed by atoms with van der Waals surface area (Å²) in [4.78, 5) is 8.56. The van der Waals surface area contributed by atoms with Crippen LogP contribution in [0.5, 0.6) is 0 Å². The summed E-state index contributed by atoms with van der Waals surface area (Å²) in [5.74, 6) is 0.518. The highest BCUT2D eigenvalue weighted by molar-refractivity contribution is 5.49. The van der Waals surface area contributed by atoms with Gasteiger partial charge in [0.05, 0.1) is 17.9 Å². The number of nitrogens with zero attached hydrogens (tertiary/aromatic N) is 3. The van der Waals surface area contributed by atoms with Crippen molar-refractivity contribution in [3.8, 4) is 0 Å². The summed E-state index contributed by atoms with van der Waals surface area (Å²) in [6.45, 7) is 2.99. The van der Waals surface area contributed by atoms with Crippen LogP contribution in [0.15, 0.2) is 18.3 Å². The minimum atomic E-state index is -0.426. The lowest BCUT2D eigenvalue weighted by molar-refractivity contribution is 0.000943. The van der Waals surface area contributed by atoms with Crippen molar-refractivity contribution >= 4 is 11.5 Å². The van der Waals surface area contributed by atoms with Crippen LogP contribution in [0.1, 0.15) is 19.3 Å². The van der Waals surface area contributed by atoms with Crippen LogP contribution in [-0.4, -0.2) is 46.9 Å². The molecule has 2 unspecified atom stereocenters. The van der Waals surface area contributed by atoms with Gasteiger partial charge in [-0.2, -0.15) is 0 Å². The van der Waals surface area contributed by atoms with Crippen molar-refractivity contribution in [3.05, 3.63) is 18.3 Å². The second-order valence-electron chi connectivity index (χ2n) is 5.15. The molecule has 1 aromatic heterocycles. The fraction of sp³-hybridized carbons (Fsp3) is 0.615. The number of anilines is 2. The van der Waals surface area contributed by atoms with E-state index in [2.05, 4.69) is 9.88 Å². The topological polar surface area (TPSA) is 65.6 Å². The van der Waals surface area contributed by atoms with Crippen LogP contribution in [0.25, 0.3) is 0 Å². The summed E-state index contributed by atoms with van der Waals surface area (Å²) in [5, 5.41) is 10.5. The molecule has 2 atom stereocenters. The van der Waals surface area contributed by atoms with E-state index in [1.807, 2.05) is 11.0 Å².